The number of hydrogen-bond donors (Lipinski definition) is 0. The molecule has 0 atom stereocenters. The van der Waals surface area contributed by atoms with E-state index in [4.69, 9.17) is 4.74 Å². The van der Waals surface area contributed by atoms with Gasteiger partial charge in [-0.15, -0.1) is 0 Å². The summed E-state index contributed by atoms with van der Waals surface area (Å²) in [6.07, 6.45) is 6.10. The Morgan fingerprint density at radius 1 is 1.20 bits per heavy atom. The van der Waals surface area contributed by atoms with E-state index < -0.39 is 0 Å². The van der Waals surface area contributed by atoms with Gasteiger partial charge in [0.2, 0.25) is 0 Å². The van der Waals surface area contributed by atoms with Crippen molar-refractivity contribution in [3.8, 4) is 5.75 Å². The van der Waals surface area contributed by atoms with Gasteiger partial charge >= 0.3 is 0 Å². The van der Waals surface area contributed by atoms with Crippen LogP contribution < -0.4 is 4.74 Å². The van der Waals surface area contributed by atoms with Crippen LogP contribution in [0.15, 0.2) is 54.3 Å². The van der Waals surface area contributed by atoms with Crippen molar-refractivity contribution < 1.29 is 4.74 Å². The van der Waals surface area contributed by atoms with E-state index in [0.717, 1.165) is 11.5 Å². The Labute approximate surface area is 92.1 Å². The number of rotatable bonds is 4. The summed E-state index contributed by atoms with van der Waals surface area (Å²) in [6.45, 7) is 6.27. The molecule has 1 aromatic rings. The molecule has 0 amide bonds. The molecule has 0 fully saturated rings. The first-order valence-corrected chi connectivity index (χ1v) is 5.29. The van der Waals surface area contributed by atoms with Gasteiger partial charge in [0.15, 0.2) is 0 Å². The average Bonchev–Trinajstić information content (AvgIpc) is 2.25. The van der Waals surface area contributed by atoms with Crippen molar-refractivity contribution in [2.45, 2.75) is 20.8 Å². The van der Waals surface area contributed by atoms with Gasteiger partial charge in [0.05, 0.1) is 0 Å². The number of hydrogen-bond acceptors (Lipinski definition) is 1. The predicted molar refractivity (Wildman–Crippen MR) is 64.8 cm³/mol. The zero-order valence-electron chi connectivity index (χ0n) is 9.60. The van der Waals surface area contributed by atoms with E-state index in [9.17, 15) is 0 Å². The standard InChI is InChI=1S/C14H18O/c1-4-13(11-10-12(2)3)15-14-8-6-5-7-9-14/h4-12H,1-3H3/b11-10-,13-4+. The SMILES string of the molecule is C/C=C(\C=C/C(C)C)Oc1ccccc1. The fourth-order valence-corrected chi connectivity index (χ4v) is 1.10. The number of benzene rings is 1. The Bertz CT molecular complexity index is 334. The summed E-state index contributed by atoms with van der Waals surface area (Å²) in [7, 11) is 0. The Morgan fingerprint density at radius 3 is 2.40 bits per heavy atom. The summed E-state index contributed by atoms with van der Waals surface area (Å²) in [5.41, 5.74) is 0. The minimum atomic E-state index is 0.541. The van der Waals surface area contributed by atoms with Gasteiger partial charge < -0.3 is 4.74 Å². The molecule has 0 heterocycles. The molecule has 1 rings (SSSR count). The summed E-state index contributed by atoms with van der Waals surface area (Å²) < 4.78 is 5.69. The van der Waals surface area contributed by atoms with Gasteiger partial charge in [-0.1, -0.05) is 38.1 Å². The lowest BCUT2D eigenvalue weighted by molar-refractivity contribution is 0.442. The monoisotopic (exact) mass is 202 g/mol. The Kier molecular flexibility index (Phi) is 4.69. The van der Waals surface area contributed by atoms with E-state index in [0.29, 0.717) is 5.92 Å². The number of ether oxygens (including phenoxy) is 1. The maximum atomic E-state index is 5.69. The Morgan fingerprint density at radius 2 is 1.87 bits per heavy atom. The molecule has 0 spiro atoms. The molecule has 1 heteroatoms. The Balaban J connectivity index is 2.64. The van der Waals surface area contributed by atoms with Crippen molar-refractivity contribution in [3.63, 3.8) is 0 Å². The first-order valence-electron chi connectivity index (χ1n) is 5.29. The van der Waals surface area contributed by atoms with Crippen molar-refractivity contribution in [2.24, 2.45) is 5.92 Å². The summed E-state index contributed by atoms with van der Waals surface area (Å²) in [5.74, 6) is 2.30. The van der Waals surface area contributed by atoms with Crippen molar-refractivity contribution in [1.82, 2.24) is 0 Å². The van der Waals surface area contributed by atoms with Crippen molar-refractivity contribution >= 4 is 0 Å². The summed E-state index contributed by atoms with van der Waals surface area (Å²) in [5, 5.41) is 0. The lowest BCUT2D eigenvalue weighted by Gasteiger charge is -2.05. The average molecular weight is 202 g/mol. The van der Waals surface area contributed by atoms with Crippen LogP contribution in [0.25, 0.3) is 0 Å². The maximum absolute atomic E-state index is 5.69. The van der Waals surface area contributed by atoms with E-state index in [1.54, 1.807) is 0 Å². The summed E-state index contributed by atoms with van der Waals surface area (Å²) in [6, 6.07) is 9.81. The molecule has 0 aliphatic carbocycles. The highest BCUT2D eigenvalue weighted by Gasteiger charge is 1.95. The van der Waals surface area contributed by atoms with Crippen LogP contribution in [0.4, 0.5) is 0 Å². The fourth-order valence-electron chi connectivity index (χ4n) is 1.10. The zero-order valence-corrected chi connectivity index (χ0v) is 9.60. The molecule has 0 radical (unpaired) electrons. The third kappa shape index (κ3) is 4.50. The molecule has 80 valence electrons. The lowest BCUT2D eigenvalue weighted by atomic mass is 10.2. The van der Waals surface area contributed by atoms with E-state index in [-0.39, 0.29) is 0 Å². The lowest BCUT2D eigenvalue weighted by Crippen LogP contribution is -1.92. The highest BCUT2D eigenvalue weighted by Crippen LogP contribution is 2.13. The van der Waals surface area contributed by atoms with Crippen molar-refractivity contribution in [2.75, 3.05) is 0 Å². The number of para-hydroxylation sites is 1. The molecule has 0 saturated carbocycles. The van der Waals surface area contributed by atoms with Gasteiger partial charge in [0, 0.05) is 0 Å². The Hall–Kier alpha value is -1.50. The van der Waals surface area contributed by atoms with Gasteiger partial charge in [0.25, 0.3) is 0 Å². The minimum absolute atomic E-state index is 0.541. The fraction of sp³-hybridized carbons (Fsp3) is 0.286. The quantitative estimate of drug-likeness (QED) is 0.525. The zero-order chi connectivity index (χ0) is 11.1. The minimum Gasteiger partial charge on any atom is -0.458 e. The molecule has 0 aromatic heterocycles. The van der Waals surface area contributed by atoms with E-state index in [1.165, 1.54) is 0 Å². The van der Waals surface area contributed by atoms with Crippen LogP contribution in [-0.4, -0.2) is 0 Å². The van der Waals surface area contributed by atoms with Gasteiger partial charge in [-0.3, -0.25) is 0 Å². The normalized spacial score (nSPS) is 12.4. The molecule has 0 bridgehead atoms. The molecule has 1 aromatic carbocycles. The van der Waals surface area contributed by atoms with Gasteiger partial charge in [0.1, 0.15) is 11.5 Å². The summed E-state index contributed by atoms with van der Waals surface area (Å²) in [4.78, 5) is 0. The van der Waals surface area contributed by atoms with Gasteiger partial charge in [-0.2, -0.15) is 0 Å². The first-order chi connectivity index (χ1) is 7.22. The molecule has 0 unspecified atom stereocenters. The summed E-state index contributed by atoms with van der Waals surface area (Å²) >= 11 is 0. The van der Waals surface area contributed by atoms with Crippen LogP contribution in [0.5, 0.6) is 5.75 Å². The van der Waals surface area contributed by atoms with E-state index in [1.807, 2.05) is 49.4 Å². The smallest absolute Gasteiger partial charge is 0.127 e. The molecule has 1 nitrogen and oxygen atoms in total. The molecular formula is C14H18O. The second kappa shape index (κ2) is 6.07. The third-order valence-corrected chi connectivity index (χ3v) is 1.91. The van der Waals surface area contributed by atoms with Crippen molar-refractivity contribution in [3.05, 3.63) is 54.3 Å². The highest BCUT2D eigenvalue weighted by atomic mass is 16.5. The predicted octanol–water partition coefficient (Wildman–Crippen LogP) is 4.18. The van der Waals surface area contributed by atoms with Gasteiger partial charge in [-0.25, -0.2) is 0 Å². The molecular weight excluding hydrogens is 184 g/mol. The topological polar surface area (TPSA) is 9.23 Å². The van der Waals surface area contributed by atoms with Crippen LogP contribution in [0, 0.1) is 5.92 Å². The molecule has 0 aliphatic rings. The van der Waals surface area contributed by atoms with Crippen molar-refractivity contribution in [1.29, 1.82) is 0 Å². The maximum Gasteiger partial charge on any atom is 0.127 e. The molecule has 0 saturated heterocycles. The second-order valence-electron chi connectivity index (χ2n) is 3.71. The number of allylic oxidation sites excluding steroid dienone is 3. The van der Waals surface area contributed by atoms with Crippen LogP contribution in [0.1, 0.15) is 20.8 Å². The first kappa shape index (κ1) is 11.6. The molecule has 0 N–H and O–H groups in total. The van der Waals surface area contributed by atoms with E-state index >= 15 is 0 Å². The highest BCUT2D eigenvalue weighted by molar-refractivity contribution is 5.26. The van der Waals surface area contributed by atoms with Crippen LogP contribution in [0.3, 0.4) is 0 Å². The molecule has 0 aliphatic heterocycles. The van der Waals surface area contributed by atoms with E-state index in [2.05, 4.69) is 19.9 Å². The van der Waals surface area contributed by atoms with Gasteiger partial charge in [-0.05, 0) is 37.1 Å². The molecule has 15 heavy (non-hydrogen) atoms. The second-order valence-corrected chi connectivity index (χ2v) is 3.71. The van der Waals surface area contributed by atoms with Crippen LogP contribution in [-0.2, 0) is 0 Å². The largest absolute Gasteiger partial charge is 0.458 e. The third-order valence-electron chi connectivity index (χ3n) is 1.91. The van der Waals surface area contributed by atoms with Crippen LogP contribution in [0.2, 0.25) is 0 Å². The van der Waals surface area contributed by atoms with Crippen LogP contribution >= 0.6 is 0 Å².